The first-order valence-electron chi connectivity index (χ1n) is 10.1. The van der Waals surface area contributed by atoms with Gasteiger partial charge in [0.15, 0.2) is 11.6 Å². The number of rotatable bonds is 11. The zero-order valence-electron chi connectivity index (χ0n) is 18.7. The number of hydrogen-bond acceptors (Lipinski definition) is 4. The Morgan fingerprint density at radius 3 is 2.44 bits per heavy atom. The lowest BCUT2D eigenvalue weighted by Crippen LogP contribution is -2.38. The molecule has 0 saturated carbocycles. The fourth-order valence-electron chi connectivity index (χ4n) is 3.09. The molecule has 0 aliphatic rings. The van der Waals surface area contributed by atoms with E-state index in [0.717, 1.165) is 5.56 Å². The minimum Gasteiger partial charge on any atom is -0.453 e. The van der Waals surface area contributed by atoms with E-state index in [1.807, 2.05) is 13.8 Å². The third-order valence-corrected chi connectivity index (χ3v) is 5.15. The van der Waals surface area contributed by atoms with Crippen molar-refractivity contribution in [3.8, 4) is 11.5 Å². The molecular formula is C23H30Cl2FN3O3. The van der Waals surface area contributed by atoms with Crippen LogP contribution in [-0.4, -0.2) is 43.9 Å². The van der Waals surface area contributed by atoms with Gasteiger partial charge < -0.3 is 20.3 Å². The fourth-order valence-corrected chi connectivity index (χ4v) is 3.28. The summed E-state index contributed by atoms with van der Waals surface area (Å²) in [4.78, 5) is 23.9. The number of ether oxygens (including phenoxy) is 1. The minimum absolute atomic E-state index is 0. The molecule has 2 amide bonds. The second kappa shape index (κ2) is 13.3. The highest BCUT2D eigenvalue weighted by Gasteiger charge is 2.22. The van der Waals surface area contributed by atoms with E-state index in [9.17, 15) is 9.59 Å². The van der Waals surface area contributed by atoms with E-state index in [-0.39, 0.29) is 47.6 Å². The van der Waals surface area contributed by atoms with Crippen molar-refractivity contribution in [1.29, 1.82) is 0 Å². The Morgan fingerprint density at radius 1 is 1.22 bits per heavy atom. The molecule has 0 aliphatic carbocycles. The lowest BCUT2D eigenvalue weighted by atomic mass is 10.0. The van der Waals surface area contributed by atoms with E-state index in [1.54, 1.807) is 50.5 Å². The zero-order valence-corrected chi connectivity index (χ0v) is 20.2. The molecule has 2 aromatic carbocycles. The van der Waals surface area contributed by atoms with Crippen molar-refractivity contribution < 1.29 is 18.7 Å². The van der Waals surface area contributed by atoms with Crippen LogP contribution in [0.5, 0.6) is 11.5 Å². The highest BCUT2D eigenvalue weighted by Crippen LogP contribution is 2.36. The van der Waals surface area contributed by atoms with Gasteiger partial charge in [-0.15, -0.1) is 12.4 Å². The molecule has 0 radical (unpaired) electrons. The van der Waals surface area contributed by atoms with Crippen molar-refractivity contribution in [2.24, 2.45) is 0 Å². The van der Waals surface area contributed by atoms with Crippen molar-refractivity contribution in [3.05, 3.63) is 58.4 Å². The molecule has 2 atom stereocenters. The Hall–Kier alpha value is -2.35. The van der Waals surface area contributed by atoms with Crippen LogP contribution in [-0.2, 0) is 16.0 Å². The third kappa shape index (κ3) is 7.65. The predicted molar refractivity (Wildman–Crippen MR) is 127 cm³/mol. The van der Waals surface area contributed by atoms with Gasteiger partial charge in [-0.3, -0.25) is 9.59 Å². The van der Waals surface area contributed by atoms with E-state index < -0.39 is 5.82 Å². The van der Waals surface area contributed by atoms with Crippen molar-refractivity contribution in [3.63, 3.8) is 0 Å². The van der Waals surface area contributed by atoms with Crippen LogP contribution in [0.1, 0.15) is 37.4 Å². The quantitative estimate of drug-likeness (QED) is 0.459. The van der Waals surface area contributed by atoms with Crippen LogP contribution in [0.3, 0.4) is 0 Å². The number of benzene rings is 2. The maximum atomic E-state index is 15.3. The normalized spacial score (nSPS) is 12.3. The van der Waals surface area contributed by atoms with Crippen LogP contribution in [0, 0.1) is 5.82 Å². The highest BCUT2D eigenvalue weighted by atomic mass is 35.5. The number of nitrogens with one attached hydrogen (secondary N) is 2. The topological polar surface area (TPSA) is 70.7 Å². The Bertz CT molecular complexity index is 895. The van der Waals surface area contributed by atoms with Crippen LogP contribution in [0.15, 0.2) is 36.4 Å². The summed E-state index contributed by atoms with van der Waals surface area (Å²) < 4.78 is 21.1. The van der Waals surface area contributed by atoms with Crippen LogP contribution >= 0.6 is 24.0 Å². The van der Waals surface area contributed by atoms with E-state index in [2.05, 4.69) is 10.6 Å². The summed E-state index contributed by atoms with van der Waals surface area (Å²) in [5.74, 6) is -0.167. The lowest BCUT2D eigenvalue weighted by molar-refractivity contribution is -0.127. The molecule has 0 bridgehead atoms. The van der Waals surface area contributed by atoms with Gasteiger partial charge in [-0.05, 0) is 37.1 Å². The number of halogens is 3. The molecule has 2 rings (SSSR count). The molecule has 0 aromatic heterocycles. The third-order valence-electron chi connectivity index (χ3n) is 4.85. The summed E-state index contributed by atoms with van der Waals surface area (Å²) in [6, 6.07) is 9.83. The summed E-state index contributed by atoms with van der Waals surface area (Å²) in [5.41, 5.74) is 1.27. The fraction of sp³-hybridized carbons (Fsp3) is 0.391. The molecule has 0 heterocycles. The largest absolute Gasteiger partial charge is 0.453 e. The number of carbonyl (C=O) groups is 2. The highest BCUT2D eigenvalue weighted by molar-refractivity contribution is 6.32. The van der Waals surface area contributed by atoms with Gasteiger partial charge >= 0.3 is 0 Å². The molecule has 2 aromatic rings. The number of carbonyl (C=O) groups excluding carboxylic acids is 2. The molecule has 6 nitrogen and oxygen atoms in total. The molecule has 176 valence electrons. The number of hydrogen-bond donors (Lipinski definition) is 2. The van der Waals surface area contributed by atoms with Crippen LogP contribution in [0.2, 0.25) is 5.02 Å². The number of likely N-dealkylation sites (N-methyl/N-ethyl adjacent to an activating group) is 1. The lowest BCUT2D eigenvalue weighted by Gasteiger charge is -2.24. The van der Waals surface area contributed by atoms with Gasteiger partial charge in [0.1, 0.15) is 5.75 Å². The standard InChI is InChI=1S/C23H29ClFN3O3.ClH/c1-5-20(27-15(2)13-26-14-29)18-10-11-19(24)23(22(18)25)31-17-8-6-16(7-9-17)12-21(30)28(3)4;/h6-11,14-15,20,27H,5,12-13H2,1-4H3,(H,26,29);1H/t15-,20+;/m0./s1. The molecule has 0 unspecified atom stereocenters. The van der Waals surface area contributed by atoms with Gasteiger partial charge in [0.25, 0.3) is 0 Å². The second-order valence-corrected chi connectivity index (χ2v) is 7.95. The average molecular weight is 486 g/mol. The van der Waals surface area contributed by atoms with Crippen molar-refractivity contribution in [2.45, 2.75) is 38.8 Å². The van der Waals surface area contributed by atoms with E-state index >= 15 is 4.39 Å². The molecular weight excluding hydrogens is 456 g/mol. The van der Waals surface area contributed by atoms with Crippen molar-refractivity contribution in [2.75, 3.05) is 20.6 Å². The number of nitrogens with zero attached hydrogens (tertiary/aromatic N) is 1. The smallest absolute Gasteiger partial charge is 0.226 e. The second-order valence-electron chi connectivity index (χ2n) is 7.55. The average Bonchev–Trinajstić information content (AvgIpc) is 2.75. The van der Waals surface area contributed by atoms with E-state index in [4.69, 9.17) is 16.3 Å². The Morgan fingerprint density at radius 2 is 1.88 bits per heavy atom. The summed E-state index contributed by atoms with van der Waals surface area (Å²) in [6.45, 7) is 4.29. The molecule has 9 heteroatoms. The molecule has 0 spiro atoms. The summed E-state index contributed by atoms with van der Waals surface area (Å²) in [7, 11) is 3.41. The molecule has 0 fully saturated rings. The maximum Gasteiger partial charge on any atom is 0.226 e. The molecule has 32 heavy (non-hydrogen) atoms. The monoisotopic (exact) mass is 485 g/mol. The Kier molecular flexibility index (Phi) is 11.5. The Labute approximate surface area is 199 Å². The predicted octanol–water partition coefficient (Wildman–Crippen LogP) is 4.50. The minimum atomic E-state index is -0.533. The van der Waals surface area contributed by atoms with Crippen LogP contribution in [0.25, 0.3) is 0 Å². The first-order chi connectivity index (χ1) is 14.8. The van der Waals surface area contributed by atoms with Crippen LogP contribution in [0.4, 0.5) is 4.39 Å². The zero-order chi connectivity index (χ0) is 23.0. The van der Waals surface area contributed by atoms with E-state index in [1.165, 1.54) is 4.90 Å². The summed E-state index contributed by atoms with van der Waals surface area (Å²) >= 11 is 6.22. The first-order valence-corrected chi connectivity index (χ1v) is 10.5. The Balaban J connectivity index is 0.00000512. The van der Waals surface area contributed by atoms with E-state index in [0.29, 0.717) is 30.7 Å². The van der Waals surface area contributed by atoms with Crippen molar-refractivity contribution in [1.82, 2.24) is 15.5 Å². The summed E-state index contributed by atoms with van der Waals surface area (Å²) in [6.07, 6.45) is 1.55. The van der Waals surface area contributed by atoms with Gasteiger partial charge in [-0.2, -0.15) is 0 Å². The van der Waals surface area contributed by atoms with Crippen LogP contribution < -0.4 is 15.4 Å². The summed E-state index contributed by atoms with van der Waals surface area (Å²) in [5, 5.41) is 6.09. The van der Waals surface area contributed by atoms with Gasteiger partial charge in [-0.1, -0.05) is 36.7 Å². The van der Waals surface area contributed by atoms with Gasteiger partial charge in [0.05, 0.1) is 11.4 Å². The number of amides is 2. The molecule has 0 aliphatic heterocycles. The first kappa shape index (κ1) is 27.7. The SMILES string of the molecule is CC[C@@H](N[C@@H](C)CNC=O)c1ccc(Cl)c(Oc2ccc(CC(=O)N(C)C)cc2)c1F.Cl. The van der Waals surface area contributed by atoms with Gasteiger partial charge in [-0.25, -0.2) is 4.39 Å². The molecule has 2 N–H and O–H groups in total. The maximum absolute atomic E-state index is 15.3. The van der Waals surface area contributed by atoms with Gasteiger partial charge in [0, 0.05) is 38.3 Å². The molecule has 0 saturated heterocycles. The van der Waals surface area contributed by atoms with Gasteiger partial charge in [0.2, 0.25) is 12.3 Å². The van der Waals surface area contributed by atoms with Crippen molar-refractivity contribution >= 4 is 36.3 Å².